The molecule has 0 atom stereocenters. The Hall–Kier alpha value is -2.01. The van der Waals surface area contributed by atoms with Crippen LogP contribution in [0.15, 0.2) is 24.3 Å². The van der Waals surface area contributed by atoms with Gasteiger partial charge < -0.3 is 5.73 Å². The first kappa shape index (κ1) is 11.1. The molecule has 92 valence electrons. The maximum atomic E-state index is 5.98. The first-order valence-electron chi connectivity index (χ1n) is 5.51. The van der Waals surface area contributed by atoms with E-state index in [2.05, 4.69) is 10.1 Å². The van der Waals surface area contributed by atoms with Crippen LogP contribution in [0.2, 0.25) is 5.02 Å². The Morgan fingerprint density at radius 1 is 1.22 bits per heavy atom. The zero-order valence-electron chi connectivity index (χ0n) is 10.1. The number of halogens is 1. The van der Waals surface area contributed by atoms with Crippen molar-refractivity contribution in [2.45, 2.75) is 6.92 Å². The molecule has 0 saturated carbocycles. The highest BCUT2D eigenvalue weighted by molar-refractivity contribution is 6.30. The number of aryl methyl sites for hydroxylation is 2. The summed E-state index contributed by atoms with van der Waals surface area (Å²) in [5.74, 6) is 0.448. The van der Waals surface area contributed by atoms with Crippen molar-refractivity contribution in [3.63, 3.8) is 0 Å². The van der Waals surface area contributed by atoms with E-state index in [4.69, 9.17) is 17.3 Å². The van der Waals surface area contributed by atoms with E-state index in [0.717, 1.165) is 22.5 Å². The molecular weight excluding hydrogens is 250 g/mol. The van der Waals surface area contributed by atoms with E-state index in [-0.39, 0.29) is 0 Å². The first-order chi connectivity index (χ1) is 8.58. The predicted molar refractivity (Wildman–Crippen MR) is 72.0 cm³/mol. The predicted octanol–water partition coefficient (Wildman–Crippen LogP) is 2.30. The fraction of sp³-hybridized carbons (Fsp3) is 0.167. The van der Waals surface area contributed by atoms with E-state index in [1.807, 2.05) is 42.8 Å². The molecule has 0 spiro atoms. The number of hydrogen-bond acceptors (Lipinski definition) is 3. The van der Waals surface area contributed by atoms with Gasteiger partial charge in [-0.3, -0.25) is 4.57 Å². The Morgan fingerprint density at radius 2 is 1.89 bits per heavy atom. The number of benzene rings is 1. The lowest BCUT2D eigenvalue weighted by Crippen LogP contribution is -2.04. The van der Waals surface area contributed by atoms with E-state index in [0.29, 0.717) is 11.0 Å². The van der Waals surface area contributed by atoms with Crippen molar-refractivity contribution in [2.75, 3.05) is 5.73 Å². The lowest BCUT2D eigenvalue weighted by molar-refractivity contribution is 0.762. The quantitative estimate of drug-likeness (QED) is 0.731. The van der Waals surface area contributed by atoms with E-state index in [1.54, 1.807) is 4.68 Å². The standard InChI is InChI=1S/C12H12ClN5/c1-7-10-11(17(2)16-7)18(12(14)15-10)9-5-3-8(13)4-6-9/h3-6H,1-2H3,(H2,14,15). The zero-order chi connectivity index (χ0) is 12.9. The molecule has 2 heterocycles. The largest absolute Gasteiger partial charge is 0.369 e. The molecule has 1 aromatic carbocycles. The molecule has 0 amide bonds. The molecule has 5 nitrogen and oxygen atoms in total. The molecule has 0 aliphatic heterocycles. The molecule has 3 rings (SSSR count). The van der Waals surface area contributed by atoms with Crippen LogP contribution in [-0.4, -0.2) is 19.3 Å². The number of hydrogen-bond donors (Lipinski definition) is 1. The Morgan fingerprint density at radius 3 is 2.56 bits per heavy atom. The van der Waals surface area contributed by atoms with Crippen molar-refractivity contribution < 1.29 is 0 Å². The Kier molecular flexibility index (Phi) is 2.31. The molecule has 0 aliphatic rings. The lowest BCUT2D eigenvalue weighted by atomic mass is 10.3. The minimum atomic E-state index is 0.448. The average molecular weight is 262 g/mol. The van der Waals surface area contributed by atoms with E-state index >= 15 is 0 Å². The number of aromatic nitrogens is 4. The number of rotatable bonds is 1. The van der Waals surface area contributed by atoms with Gasteiger partial charge in [0.15, 0.2) is 5.65 Å². The average Bonchev–Trinajstić information content (AvgIpc) is 2.79. The smallest absolute Gasteiger partial charge is 0.207 e. The van der Waals surface area contributed by atoms with Crippen LogP contribution in [0.1, 0.15) is 5.69 Å². The summed E-state index contributed by atoms with van der Waals surface area (Å²) in [4.78, 5) is 4.36. The second kappa shape index (κ2) is 3.74. The highest BCUT2D eigenvalue weighted by atomic mass is 35.5. The van der Waals surface area contributed by atoms with Gasteiger partial charge in [0.05, 0.1) is 11.4 Å². The number of nitrogen functional groups attached to an aromatic ring is 1. The normalized spacial score (nSPS) is 11.3. The van der Waals surface area contributed by atoms with E-state index in [1.165, 1.54) is 0 Å². The van der Waals surface area contributed by atoms with E-state index < -0.39 is 0 Å². The summed E-state index contributed by atoms with van der Waals surface area (Å²) in [5, 5.41) is 5.04. The van der Waals surface area contributed by atoms with Gasteiger partial charge in [0.2, 0.25) is 5.95 Å². The van der Waals surface area contributed by atoms with Gasteiger partial charge in [-0.1, -0.05) is 11.6 Å². The highest BCUT2D eigenvalue weighted by Crippen LogP contribution is 2.25. The van der Waals surface area contributed by atoms with E-state index in [9.17, 15) is 0 Å². The number of nitrogens with zero attached hydrogens (tertiary/aromatic N) is 4. The topological polar surface area (TPSA) is 61.7 Å². The summed E-state index contributed by atoms with van der Waals surface area (Å²) in [6.07, 6.45) is 0. The van der Waals surface area contributed by atoms with Crippen LogP contribution in [0, 0.1) is 6.92 Å². The van der Waals surface area contributed by atoms with Crippen LogP contribution in [0.5, 0.6) is 0 Å². The van der Waals surface area contributed by atoms with Crippen molar-refractivity contribution in [1.82, 2.24) is 19.3 Å². The van der Waals surface area contributed by atoms with Crippen LogP contribution in [0.4, 0.5) is 5.95 Å². The maximum absolute atomic E-state index is 5.98. The monoisotopic (exact) mass is 261 g/mol. The van der Waals surface area contributed by atoms with Crippen LogP contribution >= 0.6 is 11.6 Å². The molecule has 18 heavy (non-hydrogen) atoms. The SMILES string of the molecule is Cc1nn(C)c2c1nc(N)n2-c1ccc(Cl)cc1. The number of nitrogens with two attached hydrogens (primary N) is 1. The lowest BCUT2D eigenvalue weighted by Gasteiger charge is -2.06. The fourth-order valence-corrected chi connectivity index (χ4v) is 2.26. The third kappa shape index (κ3) is 1.48. The van der Waals surface area contributed by atoms with Crippen molar-refractivity contribution in [3.8, 4) is 5.69 Å². The second-order valence-corrected chi connectivity index (χ2v) is 4.60. The van der Waals surface area contributed by atoms with Gasteiger partial charge in [0, 0.05) is 12.1 Å². The van der Waals surface area contributed by atoms with Gasteiger partial charge in [-0.25, -0.2) is 9.67 Å². The highest BCUT2D eigenvalue weighted by Gasteiger charge is 2.16. The van der Waals surface area contributed by atoms with Crippen LogP contribution in [-0.2, 0) is 7.05 Å². The van der Waals surface area contributed by atoms with Gasteiger partial charge >= 0.3 is 0 Å². The summed E-state index contributed by atoms with van der Waals surface area (Å²) in [5.41, 5.74) is 9.48. The number of fused-ring (bicyclic) bond motifs is 1. The molecule has 2 N–H and O–H groups in total. The third-order valence-electron chi connectivity index (χ3n) is 2.91. The number of anilines is 1. The Labute approximate surface area is 109 Å². The summed E-state index contributed by atoms with van der Waals surface area (Å²) in [6, 6.07) is 7.46. The summed E-state index contributed by atoms with van der Waals surface area (Å²) in [7, 11) is 1.88. The molecule has 0 radical (unpaired) electrons. The summed E-state index contributed by atoms with van der Waals surface area (Å²) >= 11 is 5.89. The second-order valence-electron chi connectivity index (χ2n) is 4.16. The fourth-order valence-electron chi connectivity index (χ4n) is 2.13. The van der Waals surface area contributed by atoms with Crippen LogP contribution < -0.4 is 5.73 Å². The third-order valence-corrected chi connectivity index (χ3v) is 3.17. The molecule has 2 aromatic heterocycles. The molecule has 0 fully saturated rings. The van der Waals surface area contributed by atoms with Gasteiger partial charge in [-0.05, 0) is 31.2 Å². The van der Waals surface area contributed by atoms with Gasteiger partial charge in [0.1, 0.15) is 5.52 Å². The minimum Gasteiger partial charge on any atom is -0.369 e. The molecule has 3 aromatic rings. The van der Waals surface area contributed by atoms with Crippen LogP contribution in [0.3, 0.4) is 0 Å². The minimum absolute atomic E-state index is 0.448. The molecule has 0 aliphatic carbocycles. The first-order valence-corrected chi connectivity index (χ1v) is 5.89. The van der Waals surface area contributed by atoms with Crippen molar-refractivity contribution in [2.24, 2.45) is 7.05 Å². The van der Waals surface area contributed by atoms with Crippen molar-refractivity contribution in [3.05, 3.63) is 35.0 Å². The zero-order valence-corrected chi connectivity index (χ0v) is 10.8. The molecule has 0 saturated heterocycles. The van der Waals surface area contributed by atoms with Gasteiger partial charge in [-0.15, -0.1) is 0 Å². The summed E-state index contributed by atoms with van der Waals surface area (Å²) in [6.45, 7) is 1.92. The van der Waals surface area contributed by atoms with Crippen LogP contribution in [0.25, 0.3) is 16.9 Å². The molecule has 6 heteroatoms. The molecule has 0 bridgehead atoms. The van der Waals surface area contributed by atoms with Crippen molar-refractivity contribution >= 4 is 28.7 Å². The van der Waals surface area contributed by atoms with Gasteiger partial charge in [-0.2, -0.15) is 5.10 Å². The summed E-state index contributed by atoms with van der Waals surface area (Å²) < 4.78 is 3.65. The Balaban J connectivity index is 2.34. The maximum Gasteiger partial charge on any atom is 0.207 e. The Bertz CT molecular complexity index is 723. The number of imidazole rings is 1. The molecular formula is C12H12ClN5. The van der Waals surface area contributed by atoms with Crippen molar-refractivity contribution in [1.29, 1.82) is 0 Å². The van der Waals surface area contributed by atoms with Gasteiger partial charge in [0.25, 0.3) is 0 Å². The molecule has 0 unspecified atom stereocenters.